The number of hydrogen-bond acceptors (Lipinski definition) is 4. The van der Waals surface area contributed by atoms with Crippen LogP contribution in [0.1, 0.15) is 30.1 Å². The van der Waals surface area contributed by atoms with Crippen LogP contribution in [0, 0.1) is 0 Å². The Bertz CT molecular complexity index is 714. The maximum absolute atomic E-state index is 11.9. The molecule has 3 N–H and O–H groups in total. The molecule has 2 aromatic carbocycles. The van der Waals surface area contributed by atoms with Crippen LogP contribution in [0.3, 0.4) is 0 Å². The lowest BCUT2D eigenvalue weighted by Crippen LogP contribution is -2.14. The van der Waals surface area contributed by atoms with Crippen molar-refractivity contribution >= 4 is 17.5 Å². The number of carbonyl (C=O) groups excluding carboxylic acids is 2. The molecule has 0 atom stereocenters. The number of nitrogens with two attached hydrogens (primary N) is 1. The van der Waals surface area contributed by atoms with Crippen LogP contribution in [0.5, 0.6) is 11.5 Å². The fraction of sp³-hybridized carbons (Fsp3) is 0.263. The summed E-state index contributed by atoms with van der Waals surface area (Å²) in [7, 11) is 0. The van der Waals surface area contributed by atoms with E-state index in [1.807, 2.05) is 31.2 Å². The van der Waals surface area contributed by atoms with Gasteiger partial charge in [0.25, 0.3) is 0 Å². The molecule has 25 heavy (non-hydrogen) atoms. The fourth-order valence-corrected chi connectivity index (χ4v) is 2.20. The van der Waals surface area contributed by atoms with Crippen LogP contribution in [-0.2, 0) is 4.79 Å². The SMILES string of the molecule is CCOc1ccccc1OCCCC(=O)Nc1ccc(C(N)=O)cc1. The average Bonchev–Trinajstić information content (AvgIpc) is 2.61. The largest absolute Gasteiger partial charge is 0.490 e. The van der Waals surface area contributed by atoms with Crippen molar-refractivity contribution in [1.29, 1.82) is 0 Å². The quantitative estimate of drug-likeness (QED) is 0.686. The van der Waals surface area contributed by atoms with Gasteiger partial charge in [-0.15, -0.1) is 0 Å². The standard InChI is InChI=1S/C19H22N2O4/c1-2-24-16-6-3-4-7-17(16)25-13-5-8-18(22)21-15-11-9-14(10-12-15)19(20)23/h3-4,6-7,9-12H,2,5,8,13H2,1H3,(H2,20,23)(H,21,22). The molecule has 0 aliphatic carbocycles. The number of hydrogen-bond donors (Lipinski definition) is 2. The summed E-state index contributed by atoms with van der Waals surface area (Å²) >= 11 is 0. The van der Waals surface area contributed by atoms with E-state index in [1.54, 1.807) is 24.3 Å². The van der Waals surface area contributed by atoms with Crippen molar-refractivity contribution in [1.82, 2.24) is 0 Å². The Balaban J connectivity index is 1.74. The first-order valence-electron chi connectivity index (χ1n) is 8.14. The van der Waals surface area contributed by atoms with Gasteiger partial charge in [-0.05, 0) is 49.7 Å². The second-order valence-electron chi connectivity index (χ2n) is 5.32. The molecule has 0 fully saturated rings. The molecule has 0 heterocycles. The molecule has 6 nitrogen and oxygen atoms in total. The highest BCUT2D eigenvalue weighted by Crippen LogP contribution is 2.26. The number of para-hydroxylation sites is 2. The summed E-state index contributed by atoms with van der Waals surface area (Å²) in [5, 5.41) is 2.77. The van der Waals surface area contributed by atoms with Crippen LogP contribution in [0.4, 0.5) is 5.69 Å². The molecule has 0 aromatic heterocycles. The first-order valence-corrected chi connectivity index (χ1v) is 8.14. The van der Waals surface area contributed by atoms with Crippen molar-refractivity contribution in [3.05, 3.63) is 54.1 Å². The van der Waals surface area contributed by atoms with Gasteiger partial charge < -0.3 is 20.5 Å². The minimum Gasteiger partial charge on any atom is -0.490 e. The number of anilines is 1. The van der Waals surface area contributed by atoms with Gasteiger partial charge in [-0.25, -0.2) is 0 Å². The number of ether oxygens (including phenoxy) is 2. The molecule has 2 amide bonds. The van der Waals surface area contributed by atoms with Crippen molar-refractivity contribution in [2.45, 2.75) is 19.8 Å². The van der Waals surface area contributed by atoms with Crippen molar-refractivity contribution in [3.63, 3.8) is 0 Å². The number of nitrogens with one attached hydrogen (secondary N) is 1. The maximum atomic E-state index is 11.9. The number of benzene rings is 2. The zero-order chi connectivity index (χ0) is 18.1. The molecule has 132 valence electrons. The van der Waals surface area contributed by atoms with Gasteiger partial charge in [-0.1, -0.05) is 12.1 Å². The third kappa shape index (κ3) is 5.84. The molecule has 0 saturated heterocycles. The van der Waals surface area contributed by atoms with E-state index in [4.69, 9.17) is 15.2 Å². The van der Waals surface area contributed by atoms with Gasteiger partial charge in [-0.2, -0.15) is 0 Å². The smallest absolute Gasteiger partial charge is 0.248 e. The highest BCUT2D eigenvalue weighted by Gasteiger charge is 2.06. The third-order valence-electron chi connectivity index (χ3n) is 3.41. The van der Waals surface area contributed by atoms with Crippen LogP contribution in [0.15, 0.2) is 48.5 Å². The van der Waals surface area contributed by atoms with Crippen molar-refractivity contribution in [2.24, 2.45) is 5.73 Å². The van der Waals surface area contributed by atoms with Gasteiger partial charge in [0.2, 0.25) is 11.8 Å². The van der Waals surface area contributed by atoms with E-state index in [1.165, 1.54) is 0 Å². The van der Waals surface area contributed by atoms with Crippen LogP contribution in [0.2, 0.25) is 0 Å². The zero-order valence-corrected chi connectivity index (χ0v) is 14.2. The Morgan fingerprint density at radius 3 is 2.24 bits per heavy atom. The average molecular weight is 342 g/mol. The topological polar surface area (TPSA) is 90.7 Å². The molecule has 2 aromatic rings. The third-order valence-corrected chi connectivity index (χ3v) is 3.41. The molecule has 2 rings (SSSR count). The highest BCUT2D eigenvalue weighted by molar-refractivity contribution is 5.94. The zero-order valence-electron chi connectivity index (χ0n) is 14.2. The molecule has 0 aliphatic rings. The summed E-state index contributed by atoms with van der Waals surface area (Å²) in [6.07, 6.45) is 0.903. The molecule has 0 bridgehead atoms. The van der Waals surface area contributed by atoms with Gasteiger partial charge in [0.05, 0.1) is 13.2 Å². The van der Waals surface area contributed by atoms with Crippen LogP contribution >= 0.6 is 0 Å². The second-order valence-corrected chi connectivity index (χ2v) is 5.32. The fourth-order valence-electron chi connectivity index (χ4n) is 2.20. The normalized spacial score (nSPS) is 10.1. The molecular formula is C19H22N2O4. The summed E-state index contributed by atoms with van der Waals surface area (Å²) < 4.78 is 11.2. The summed E-state index contributed by atoms with van der Waals surface area (Å²) in [5.41, 5.74) is 6.20. The number of rotatable bonds is 9. The van der Waals surface area contributed by atoms with Crippen molar-refractivity contribution in [2.75, 3.05) is 18.5 Å². The van der Waals surface area contributed by atoms with Crippen LogP contribution in [0.25, 0.3) is 0 Å². The summed E-state index contributed by atoms with van der Waals surface area (Å²) in [4.78, 5) is 22.9. The van der Waals surface area contributed by atoms with Gasteiger partial charge in [0, 0.05) is 17.7 Å². The number of carbonyl (C=O) groups is 2. The van der Waals surface area contributed by atoms with E-state index in [0.717, 1.165) is 0 Å². The highest BCUT2D eigenvalue weighted by atomic mass is 16.5. The van der Waals surface area contributed by atoms with E-state index >= 15 is 0 Å². The predicted octanol–water partition coefficient (Wildman–Crippen LogP) is 2.98. The van der Waals surface area contributed by atoms with Gasteiger partial charge >= 0.3 is 0 Å². The molecule has 6 heteroatoms. The van der Waals surface area contributed by atoms with Crippen molar-refractivity contribution < 1.29 is 19.1 Å². The molecule has 0 saturated carbocycles. The Morgan fingerprint density at radius 1 is 1.00 bits per heavy atom. The van der Waals surface area contributed by atoms with E-state index < -0.39 is 5.91 Å². The van der Waals surface area contributed by atoms with E-state index in [2.05, 4.69) is 5.32 Å². The molecule has 0 aliphatic heterocycles. The van der Waals surface area contributed by atoms with E-state index in [-0.39, 0.29) is 5.91 Å². The first kappa shape index (κ1) is 18.3. The van der Waals surface area contributed by atoms with Crippen molar-refractivity contribution in [3.8, 4) is 11.5 Å². The van der Waals surface area contributed by atoms with Gasteiger partial charge in [0.1, 0.15) is 0 Å². The number of primary amides is 1. The Morgan fingerprint density at radius 2 is 1.64 bits per heavy atom. The Labute approximate surface area is 146 Å². The summed E-state index contributed by atoms with van der Waals surface area (Å²) in [6, 6.07) is 13.9. The lowest BCUT2D eigenvalue weighted by molar-refractivity contribution is -0.116. The van der Waals surface area contributed by atoms with E-state index in [9.17, 15) is 9.59 Å². The summed E-state index contributed by atoms with van der Waals surface area (Å²) in [6.45, 7) is 2.90. The van der Waals surface area contributed by atoms with Gasteiger partial charge in [-0.3, -0.25) is 9.59 Å². The Hall–Kier alpha value is -3.02. The Kier molecular flexibility index (Phi) is 6.83. The molecule has 0 unspecified atom stereocenters. The minimum atomic E-state index is -0.498. The second kappa shape index (κ2) is 9.32. The predicted molar refractivity (Wildman–Crippen MR) is 95.9 cm³/mol. The van der Waals surface area contributed by atoms with E-state index in [0.29, 0.717) is 48.8 Å². The minimum absolute atomic E-state index is 0.117. The molecule has 0 radical (unpaired) electrons. The van der Waals surface area contributed by atoms with Crippen LogP contribution < -0.4 is 20.5 Å². The maximum Gasteiger partial charge on any atom is 0.248 e. The molecular weight excluding hydrogens is 320 g/mol. The summed E-state index contributed by atoms with van der Waals surface area (Å²) in [5.74, 6) is 0.756. The monoisotopic (exact) mass is 342 g/mol. The first-order chi connectivity index (χ1) is 12.1. The molecule has 0 spiro atoms. The lowest BCUT2D eigenvalue weighted by atomic mass is 10.2. The van der Waals surface area contributed by atoms with Gasteiger partial charge in [0.15, 0.2) is 11.5 Å². The lowest BCUT2D eigenvalue weighted by Gasteiger charge is -2.11. The number of amides is 2. The van der Waals surface area contributed by atoms with Crippen LogP contribution in [-0.4, -0.2) is 25.0 Å².